The van der Waals surface area contributed by atoms with Crippen molar-refractivity contribution in [3.05, 3.63) is 36.0 Å². The van der Waals surface area contributed by atoms with E-state index in [1.54, 1.807) is 30.1 Å². The van der Waals surface area contributed by atoms with Crippen LogP contribution in [0.1, 0.15) is 17.3 Å². The summed E-state index contributed by atoms with van der Waals surface area (Å²) in [7, 11) is 1.66. The van der Waals surface area contributed by atoms with Crippen molar-refractivity contribution in [1.82, 2.24) is 25.1 Å². The average molecular weight is 431 g/mol. The first-order chi connectivity index (χ1) is 14.7. The molecule has 0 bridgehead atoms. The Bertz CT molecular complexity index is 994. The molecule has 160 valence electrons. The van der Waals surface area contributed by atoms with Crippen LogP contribution in [0.15, 0.2) is 35.6 Å². The number of carbonyl (C=O) groups is 1. The zero-order valence-corrected chi connectivity index (χ0v) is 18.2. The maximum atomic E-state index is 12.6. The lowest BCUT2D eigenvalue weighted by Crippen LogP contribution is -2.28. The number of fused-ring (bicyclic) bond motifs is 1. The zero-order chi connectivity index (χ0) is 21.3. The molecule has 0 saturated heterocycles. The van der Waals surface area contributed by atoms with E-state index in [0.717, 1.165) is 16.9 Å². The molecule has 0 aliphatic rings. The highest BCUT2D eigenvalue weighted by molar-refractivity contribution is 7.98. The molecule has 0 aliphatic carbocycles. The normalized spacial score (nSPS) is 10.9. The summed E-state index contributed by atoms with van der Waals surface area (Å²) in [5.41, 5.74) is 1.24. The Morgan fingerprint density at radius 3 is 2.83 bits per heavy atom. The zero-order valence-electron chi connectivity index (χ0n) is 17.3. The Morgan fingerprint density at radius 1 is 1.23 bits per heavy atom. The number of amides is 1. The monoisotopic (exact) mass is 430 g/mol. The van der Waals surface area contributed by atoms with Crippen LogP contribution in [0.5, 0.6) is 5.75 Å². The van der Waals surface area contributed by atoms with Crippen LogP contribution in [0.4, 0.5) is 5.82 Å². The Labute approximate surface area is 179 Å². The minimum absolute atomic E-state index is 0.183. The summed E-state index contributed by atoms with van der Waals surface area (Å²) < 4.78 is 12.4. The fraction of sp³-hybridized carbons (Fsp3) is 0.400. The number of benzene rings is 1. The maximum Gasteiger partial charge on any atom is 0.255 e. The van der Waals surface area contributed by atoms with Gasteiger partial charge in [0.25, 0.3) is 5.91 Å². The van der Waals surface area contributed by atoms with Crippen LogP contribution in [0, 0.1) is 0 Å². The van der Waals surface area contributed by atoms with Gasteiger partial charge in [0, 0.05) is 20.2 Å². The van der Waals surface area contributed by atoms with Crippen LogP contribution in [-0.2, 0) is 11.3 Å². The van der Waals surface area contributed by atoms with Gasteiger partial charge >= 0.3 is 0 Å². The van der Waals surface area contributed by atoms with Crippen molar-refractivity contribution in [3.63, 3.8) is 0 Å². The number of anilines is 1. The van der Waals surface area contributed by atoms with Gasteiger partial charge < -0.3 is 20.1 Å². The summed E-state index contributed by atoms with van der Waals surface area (Å²) in [6, 6.07) is 7.20. The highest BCUT2D eigenvalue weighted by Gasteiger charge is 2.14. The van der Waals surface area contributed by atoms with Gasteiger partial charge in [0.05, 0.1) is 36.9 Å². The van der Waals surface area contributed by atoms with Gasteiger partial charge in [-0.2, -0.15) is 5.10 Å². The minimum Gasteiger partial charge on any atom is -0.493 e. The smallest absolute Gasteiger partial charge is 0.255 e. The fourth-order valence-corrected chi connectivity index (χ4v) is 3.26. The molecular weight excluding hydrogens is 404 g/mol. The van der Waals surface area contributed by atoms with Crippen LogP contribution in [0.3, 0.4) is 0 Å². The average Bonchev–Trinajstić information content (AvgIpc) is 3.17. The van der Waals surface area contributed by atoms with Crippen molar-refractivity contribution in [2.24, 2.45) is 0 Å². The van der Waals surface area contributed by atoms with E-state index in [4.69, 9.17) is 9.47 Å². The molecule has 3 rings (SSSR count). The molecule has 9 nitrogen and oxygen atoms in total. The van der Waals surface area contributed by atoms with Crippen LogP contribution >= 0.6 is 11.8 Å². The Balaban J connectivity index is 1.70. The van der Waals surface area contributed by atoms with Gasteiger partial charge in [0.1, 0.15) is 11.6 Å². The number of rotatable bonds is 11. The molecular formula is C20H26N6O3S. The first-order valence-corrected chi connectivity index (χ1v) is 10.9. The second-order valence-corrected chi connectivity index (χ2v) is 7.04. The lowest BCUT2D eigenvalue weighted by atomic mass is 10.2. The predicted molar refractivity (Wildman–Crippen MR) is 117 cm³/mol. The van der Waals surface area contributed by atoms with Crippen LogP contribution in [0.2, 0.25) is 0 Å². The van der Waals surface area contributed by atoms with Gasteiger partial charge in [-0.15, -0.1) is 0 Å². The largest absolute Gasteiger partial charge is 0.493 e. The van der Waals surface area contributed by atoms with Gasteiger partial charge in [-0.3, -0.25) is 4.79 Å². The fourth-order valence-electron chi connectivity index (χ4n) is 2.90. The number of nitrogens with zero attached hydrogens (tertiary/aromatic N) is 4. The molecule has 1 amide bonds. The molecule has 0 atom stereocenters. The Hall–Kier alpha value is -2.85. The second kappa shape index (κ2) is 10.8. The number of ether oxygens (including phenoxy) is 2. The van der Waals surface area contributed by atoms with E-state index in [9.17, 15) is 4.79 Å². The molecule has 0 spiro atoms. The molecule has 0 fully saturated rings. The third-order valence-corrected chi connectivity index (χ3v) is 4.85. The summed E-state index contributed by atoms with van der Waals surface area (Å²) in [6.45, 7) is 4.48. The standard InChI is InChI=1S/C20H26N6O3S/c1-4-29-16-8-6-5-7-14(16)19(27)22-9-11-26-18-15(13-23-26)17(21-10-12-28-2)24-20(25-18)30-3/h5-8,13H,4,9-12H2,1-3H3,(H,22,27)(H,21,24,25). The molecule has 2 aromatic heterocycles. The van der Waals surface area contributed by atoms with E-state index < -0.39 is 0 Å². The second-order valence-electron chi connectivity index (χ2n) is 6.27. The number of hydrogen-bond donors (Lipinski definition) is 2. The molecule has 10 heteroatoms. The van der Waals surface area contributed by atoms with E-state index in [2.05, 4.69) is 25.7 Å². The van der Waals surface area contributed by atoms with Crippen molar-refractivity contribution in [3.8, 4) is 5.75 Å². The van der Waals surface area contributed by atoms with E-state index >= 15 is 0 Å². The van der Waals surface area contributed by atoms with Crippen molar-refractivity contribution >= 4 is 34.5 Å². The topological polar surface area (TPSA) is 103 Å². The molecule has 0 aliphatic heterocycles. The number of thioether (sulfide) groups is 1. The highest BCUT2D eigenvalue weighted by Crippen LogP contribution is 2.23. The number of hydrogen-bond acceptors (Lipinski definition) is 8. The van der Waals surface area contributed by atoms with Crippen molar-refractivity contribution < 1.29 is 14.3 Å². The van der Waals surface area contributed by atoms with Crippen LogP contribution in [0.25, 0.3) is 11.0 Å². The SMILES string of the molecule is CCOc1ccccc1C(=O)NCCn1ncc2c(NCCOC)nc(SC)nc21. The Kier molecular flexibility index (Phi) is 7.86. The predicted octanol–water partition coefficient (Wildman–Crippen LogP) is 2.44. The first kappa shape index (κ1) is 21.8. The number of aromatic nitrogens is 4. The number of methoxy groups -OCH3 is 1. The summed E-state index contributed by atoms with van der Waals surface area (Å²) >= 11 is 1.46. The van der Waals surface area contributed by atoms with E-state index in [1.807, 2.05) is 25.3 Å². The number of para-hydroxylation sites is 1. The van der Waals surface area contributed by atoms with Gasteiger partial charge in [0.2, 0.25) is 0 Å². The summed E-state index contributed by atoms with van der Waals surface area (Å²) in [6.07, 6.45) is 3.66. The lowest BCUT2D eigenvalue weighted by molar-refractivity contribution is 0.0948. The van der Waals surface area contributed by atoms with Crippen molar-refractivity contribution in [2.75, 3.05) is 45.0 Å². The molecule has 0 radical (unpaired) electrons. The Morgan fingerprint density at radius 2 is 2.07 bits per heavy atom. The maximum absolute atomic E-state index is 12.6. The molecule has 3 aromatic rings. The van der Waals surface area contributed by atoms with Gasteiger partial charge in [-0.1, -0.05) is 23.9 Å². The highest BCUT2D eigenvalue weighted by atomic mass is 32.2. The molecule has 30 heavy (non-hydrogen) atoms. The van der Waals surface area contributed by atoms with Crippen molar-refractivity contribution in [1.29, 1.82) is 0 Å². The number of carbonyl (C=O) groups excluding carboxylic acids is 1. The van der Waals surface area contributed by atoms with E-state index in [0.29, 0.717) is 49.3 Å². The molecule has 0 saturated carbocycles. The third-order valence-electron chi connectivity index (χ3n) is 4.30. The summed E-state index contributed by atoms with van der Waals surface area (Å²) in [4.78, 5) is 21.7. The van der Waals surface area contributed by atoms with Gasteiger partial charge in [-0.05, 0) is 25.3 Å². The molecule has 0 unspecified atom stereocenters. The number of nitrogens with one attached hydrogen (secondary N) is 2. The van der Waals surface area contributed by atoms with Crippen molar-refractivity contribution in [2.45, 2.75) is 18.6 Å². The van der Waals surface area contributed by atoms with Crippen LogP contribution < -0.4 is 15.4 Å². The van der Waals surface area contributed by atoms with E-state index in [-0.39, 0.29) is 5.91 Å². The molecule has 2 N–H and O–H groups in total. The third kappa shape index (κ3) is 5.19. The first-order valence-electron chi connectivity index (χ1n) is 9.68. The summed E-state index contributed by atoms with van der Waals surface area (Å²) in [5, 5.41) is 12.1. The lowest BCUT2D eigenvalue weighted by Gasteiger charge is -2.11. The quantitative estimate of drug-likeness (QED) is 0.272. The van der Waals surface area contributed by atoms with Gasteiger partial charge in [0.15, 0.2) is 10.8 Å². The summed E-state index contributed by atoms with van der Waals surface area (Å²) in [5.74, 6) is 1.12. The van der Waals surface area contributed by atoms with Gasteiger partial charge in [-0.25, -0.2) is 14.6 Å². The molecule has 1 aromatic carbocycles. The van der Waals surface area contributed by atoms with Crippen LogP contribution in [-0.4, -0.2) is 65.3 Å². The van der Waals surface area contributed by atoms with E-state index in [1.165, 1.54) is 11.8 Å². The molecule has 2 heterocycles. The minimum atomic E-state index is -0.183.